The first-order valence-electron chi connectivity index (χ1n) is 7.96. The second-order valence-electron chi connectivity index (χ2n) is 6.33. The first-order chi connectivity index (χ1) is 12.8. The smallest absolute Gasteiger partial charge is 0.260 e. The Morgan fingerprint density at radius 3 is 2.78 bits per heavy atom. The van der Waals surface area contributed by atoms with Gasteiger partial charge in [-0.05, 0) is 24.3 Å². The van der Waals surface area contributed by atoms with E-state index >= 15 is 0 Å². The predicted molar refractivity (Wildman–Crippen MR) is 92.2 cm³/mol. The van der Waals surface area contributed by atoms with Gasteiger partial charge in [-0.1, -0.05) is 11.6 Å². The van der Waals surface area contributed by atoms with Crippen molar-refractivity contribution in [3.05, 3.63) is 52.9 Å². The fraction of sp³-hybridized carbons (Fsp3) is 0.294. The molecule has 2 aromatic rings. The largest absolute Gasteiger partial charge is 0.486 e. The molecule has 0 saturated carbocycles. The van der Waals surface area contributed by atoms with E-state index in [1.165, 1.54) is 34.8 Å². The Kier molecular flexibility index (Phi) is 4.31. The molecule has 0 radical (unpaired) electrons. The first kappa shape index (κ1) is 18.1. The minimum absolute atomic E-state index is 0.0360. The van der Waals surface area contributed by atoms with E-state index in [9.17, 15) is 12.8 Å². The van der Waals surface area contributed by atoms with Crippen molar-refractivity contribution < 1.29 is 22.3 Å². The predicted octanol–water partition coefficient (Wildman–Crippen LogP) is 1.97. The first-order valence-corrected chi connectivity index (χ1v) is 9.78. The average molecular weight is 410 g/mol. The molecular formula is C17H13ClFN3O4S. The topological polar surface area (TPSA) is 95.8 Å². The molecular weight excluding hydrogens is 397 g/mol. The van der Waals surface area contributed by atoms with Gasteiger partial charge in [0.15, 0.2) is 5.03 Å². The van der Waals surface area contributed by atoms with E-state index in [-0.39, 0.29) is 29.4 Å². The van der Waals surface area contributed by atoms with E-state index < -0.39 is 27.5 Å². The van der Waals surface area contributed by atoms with Gasteiger partial charge in [-0.15, -0.1) is 0 Å². The van der Waals surface area contributed by atoms with E-state index in [1.54, 1.807) is 6.07 Å². The Labute approximate surface area is 159 Å². The van der Waals surface area contributed by atoms with Gasteiger partial charge in [-0.3, -0.25) is 0 Å². The SMILES string of the molecule is N#Cc1ccc(O[C@H]2CN(S(=O)(=O)c3ccc(Cl)cn3)CC23CO3)cc1F. The Hall–Kier alpha value is -2.25. The highest BCUT2D eigenvalue weighted by Gasteiger charge is 2.61. The fourth-order valence-corrected chi connectivity index (χ4v) is 4.51. The third kappa shape index (κ3) is 3.26. The zero-order chi connectivity index (χ0) is 19.2. The molecule has 2 aliphatic heterocycles. The summed E-state index contributed by atoms with van der Waals surface area (Å²) in [4.78, 5) is 3.88. The van der Waals surface area contributed by atoms with Crippen molar-refractivity contribution in [2.45, 2.75) is 16.7 Å². The fourth-order valence-electron chi connectivity index (χ4n) is 2.99. The van der Waals surface area contributed by atoms with E-state index in [4.69, 9.17) is 26.3 Å². The lowest BCUT2D eigenvalue weighted by Crippen LogP contribution is -2.33. The average Bonchev–Trinajstić information content (AvgIpc) is 3.32. The van der Waals surface area contributed by atoms with Gasteiger partial charge in [0.2, 0.25) is 0 Å². The van der Waals surface area contributed by atoms with Crippen molar-refractivity contribution in [3.63, 3.8) is 0 Å². The van der Waals surface area contributed by atoms with Crippen molar-refractivity contribution in [2.24, 2.45) is 0 Å². The quantitative estimate of drug-likeness (QED) is 0.716. The highest BCUT2D eigenvalue weighted by Crippen LogP contribution is 2.41. The number of hydrogen-bond donors (Lipinski definition) is 0. The van der Waals surface area contributed by atoms with Gasteiger partial charge < -0.3 is 9.47 Å². The maximum Gasteiger partial charge on any atom is 0.260 e. The summed E-state index contributed by atoms with van der Waals surface area (Å²) in [5.74, 6) is -0.496. The van der Waals surface area contributed by atoms with Crippen LogP contribution in [-0.2, 0) is 14.8 Å². The molecule has 27 heavy (non-hydrogen) atoms. The summed E-state index contributed by atoms with van der Waals surface area (Å²) in [5.41, 5.74) is -0.853. The van der Waals surface area contributed by atoms with Crippen LogP contribution in [0.1, 0.15) is 5.56 Å². The van der Waals surface area contributed by atoms with Crippen LogP contribution in [0.3, 0.4) is 0 Å². The number of rotatable bonds is 4. The minimum atomic E-state index is -3.84. The van der Waals surface area contributed by atoms with E-state index in [2.05, 4.69) is 4.98 Å². The van der Waals surface area contributed by atoms with Crippen LogP contribution < -0.4 is 4.74 Å². The van der Waals surface area contributed by atoms with E-state index in [1.807, 2.05) is 0 Å². The van der Waals surface area contributed by atoms with Gasteiger partial charge in [-0.25, -0.2) is 17.8 Å². The summed E-state index contributed by atoms with van der Waals surface area (Å²) >= 11 is 5.76. The van der Waals surface area contributed by atoms with Crippen molar-refractivity contribution in [1.82, 2.24) is 9.29 Å². The lowest BCUT2D eigenvalue weighted by atomic mass is 10.1. The number of ether oxygens (including phenoxy) is 2. The van der Waals surface area contributed by atoms with Crippen molar-refractivity contribution >= 4 is 21.6 Å². The Bertz CT molecular complexity index is 1040. The number of nitriles is 1. The maximum atomic E-state index is 13.8. The monoisotopic (exact) mass is 409 g/mol. The standard InChI is InChI=1S/C17H13ClFN3O4S/c18-12-2-4-16(21-7-12)27(23,24)22-8-15(17(9-22)10-25-17)26-13-3-1-11(6-20)14(19)5-13/h1-5,7,15H,8-10H2/t15-,17?/m0/s1. The van der Waals surface area contributed by atoms with E-state index in [0.29, 0.717) is 11.6 Å². The number of hydrogen-bond acceptors (Lipinski definition) is 6. The van der Waals surface area contributed by atoms with Gasteiger partial charge >= 0.3 is 0 Å². The molecule has 1 aromatic heterocycles. The van der Waals surface area contributed by atoms with Crippen LogP contribution in [-0.4, -0.2) is 49.1 Å². The summed E-state index contributed by atoms with van der Waals surface area (Å²) < 4.78 is 51.9. The summed E-state index contributed by atoms with van der Waals surface area (Å²) in [6.07, 6.45) is 0.661. The molecule has 2 saturated heterocycles. The van der Waals surface area contributed by atoms with Crippen molar-refractivity contribution in [1.29, 1.82) is 5.26 Å². The molecule has 4 rings (SSSR count). The van der Waals surface area contributed by atoms with Gasteiger partial charge in [0.1, 0.15) is 29.3 Å². The van der Waals surface area contributed by atoms with Gasteiger partial charge in [0, 0.05) is 18.8 Å². The molecule has 3 heterocycles. The Balaban J connectivity index is 1.56. The number of pyridine rings is 1. The minimum Gasteiger partial charge on any atom is -0.486 e. The third-order valence-corrected chi connectivity index (χ3v) is 6.51. The lowest BCUT2D eigenvalue weighted by Gasteiger charge is -2.17. The molecule has 140 valence electrons. The summed E-state index contributed by atoms with van der Waals surface area (Å²) in [5, 5.41) is 9.01. The normalized spacial score (nSPS) is 24.7. The number of aromatic nitrogens is 1. The maximum absolute atomic E-state index is 13.8. The molecule has 1 spiro atoms. The Morgan fingerprint density at radius 1 is 1.41 bits per heavy atom. The highest BCUT2D eigenvalue weighted by molar-refractivity contribution is 7.89. The zero-order valence-electron chi connectivity index (χ0n) is 13.8. The molecule has 7 nitrogen and oxygen atoms in total. The van der Waals surface area contributed by atoms with E-state index in [0.717, 1.165) is 6.07 Å². The van der Waals surface area contributed by atoms with Crippen LogP contribution in [0.25, 0.3) is 0 Å². The van der Waals surface area contributed by atoms with Crippen LogP contribution in [0, 0.1) is 17.1 Å². The molecule has 2 aliphatic rings. The number of benzene rings is 1. The molecule has 1 aromatic carbocycles. The number of halogens is 2. The molecule has 10 heteroatoms. The van der Waals surface area contributed by atoms with Crippen molar-refractivity contribution in [3.8, 4) is 11.8 Å². The zero-order valence-corrected chi connectivity index (χ0v) is 15.4. The molecule has 0 N–H and O–H groups in total. The summed E-state index contributed by atoms with van der Waals surface area (Å²) in [7, 11) is -3.84. The van der Waals surface area contributed by atoms with Crippen LogP contribution in [0.15, 0.2) is 41.6 Å². The number of nitrogens with zero attached hydrogens (tertiary/aromatic N) is 3. The molecule has 0 bridgehead atoms. The van der Waals surface area contributed by atoms with Crippen LogP contribution in [0.4, 0.5) is 4.39 Å². The molecule has 2 atom stereocenters. The molecule has 1 unspecified atom stereocenters. The second-order valence-corrected chi connectivity index (χ2v) is 8.65. The molecule has 0 aliphatic carbocycles. The highest BCUT2D eigenvalue weighted by atomic mass is 35.5. The summed E-state index contributed by atoms with van der Waals surface area (Å²) in [6.45, 7) is 0.494. The van der Waals surface area contributed by atoms with Crippen molar-refractivity contribution in [2.75, 3.05) is 19.7 Å². The number of epoxide rings is 1. The third-order valence-electron chi connectivity index (χ3n) is 4.56. The van der Waals surface area contributed by atoms with Gasteiger partial charge in [0.25, 0.3) is 10.0 Å². The molecule has 2 fully saturated rings. The second kappa shape index (κ2) is 6.42. The van der Waals surface area contributed by atoms with Crippen LogP contribution in [0.5, 0.6) is 5.75 Å². The summed E-state index contributed by atoms with van der Waals surface area (Å²) in [6, 6.07) is 8.41. The number of sulfonamides is 1. The van der Waals surface area contributed by atoms with Gasteiger partial charge in [-0.2, -0.15) is 9.57 Å². The Morgan fingerprint density at radius 2 is 2.19 bits per heavy atom. The van der Waals surface area contributed by atoms with Crippen LogP contribution in [0.2, 0.25) is 5.02 Å². The van der Waals surface area contributed by atoms with Crippen LogP contribution >= 0.6 is 11.6 Å². The molecule has 0 amide bonds. The lowest BCUT2D eigenvalue weighted by molar-refractivity contribution is 0.135. The van der Waals surface area contributed by atoms with Gasteiger partial charge in [0.05, 0.1) is 23.7 Å².